The van der Waals surface area contributed by atoms with Gasteiger partial charge in [0.2, 0.25) is 0 Å². The lowest BCUT2D eigenvalue weighted by Crippen LogP contribution is -2.23. The van der Waals surface area contributed by atoms with Crippen LogP contribution in [-0.2, 0) is 6.54 Å². The van der Waals surface area contributed by atoms with Crippen LogP contribution in [0.2, 0.25) is 0 Å². The molecule has 4 heteroatoms. The summed E-state index contributed by atoms with van der Waals surface area (Å²) in [5.74, 6) is 1.03. The Balaban J connectivity index is 1.59. The largest absolute Gasteiger partial charge is 0.330 e. The van der Waals surface area contributed by atoms with Crippen LogP contribution in [0.1, 0.15) is 17.0 Å². The van der Waals surface area contributed by atoms with Gasteiger partial charge < -0.3 is 5.73 Å². The van der Waals surface area contributed by atoms with Crippen molar-refractivity contribution in [3.8, 4) is 0 Å². The molecule has 2 N–H and O–H groups in total. The van der Waals surface area contributed by atoms with E-state index in [0.29, 0.717) is 11.8 Å². The molecule has 3 nitrogen and oxygen atoms in total. The number of nitrogens with zero attached hydrogens (tertiary/aromatic N) is 2. The van der Waals surface area contributed by atoms with Crippen molar-refractivity contribution >= 4 is 26.8 Å². The zero-order valence-electron chi connectivity index (χ0n) is 14.1. The number of pyridine rings is 1. The number of halogens is 1. The normalized spacial score (nSPS) is 21.0. The van der Waals surface area contributed by atoms with E-state index in [0.717, 1.165) is 36.2 Å². The van der Waals surface area contributed by atoms with Gasteiger partial charge in [0.25, 0.3) is 0 Å². The summed E-state index contributed by atoms with van der Waals surface area (Å²) in [5, 5.41) is 1.18. The Morgan fingerprint density at radius 2 is 1.88 bits per heavy atom. The predicted molar refractivity (Wildman–Crippen MR) is 106 cm³/mol. The second-order valence-electron chi connectivity index (χ2n) is 6.81. The molecule has 0 unspecified atom stereocenters. The van der Waals surface area contributed by atoms with Crippen molar-refractivity contribution in [2.75, 3.05) is 19.6 Å². The number of rotatable bonds is 4. The molecule has 0 spiro atoms. The lowest BCUT2D eigenvalue weighted by molar-refractivity contribution is 0.318. The van der Waals surface area contributed by atoms with Crippen molar-refractivity contribution in [1.29, 1.82) is 0 Å². The Morgan fingerprint density at radius 3 is 2.68 bits per heavy atom. The van der Waals surface area contributed by atoms with Gasteiger partial charge in [0.15, 0.2) is 0 Å². The van der Waals surface area contributed by atoms with Crippen LogP contribution in [0.3, 0.4) is 0 Å². The van der Waals surface area contributed by atoms with Gasteiger partial charge >= 0.3 is 0 Å². The Kier molecular flexibility index (Phi) is 4.84. The smallest absolute Gasteiger partial charge is 0.0758 e. The molecule has 1 aliphatic rings. The first-order valence-corrected chi connectivity index (χ1v) is 9.55. The molecule has 2 heterocycles. The van der Waals surface area contributed by atoms with Crippen molar-refractivity contribution in [2.24, 2.45) is 11.7 Å². The molecular formula is C21H22BrN3. The van der Waals surface area contributed by atoms with Crippen LogP contribution in [0, 0.1) is 5.92 Å². The number of hydrogen-bond donors (Lipinski definition) is 1. The van der Waals surface area contributed by atoms with Crippen LogP contribution in [0.4, 0.5) is 0 Å². The van der Waals surface area contributed by atoms with E-state index in [4.69, 9.17) is 5.73 Å². The van der Waals surface area contributed by atoms with E-state index >= 15 is 0 Å². The van der Waals surface area contributed by atoms with Gasteiger partial charge in [0.05, 0.1) is 5.52 Å². The molecule has 0 aliphatic carbocycles. The van der Waals surface area contributed by atoms with E-state index in [1.807, 2.05) is 12.3 Å². The fourth-order valence-corrected chi connectivity index (χ4v) is 4.42. The highest BCUT2D eigenvalue weighted by Gasteiger charge is 2.32. The number of fused-ring (bicyclic) bond motifs is 1. The molecule has 2 atom stereocenters. The SMILES string of the molecule is NC[C@@H]1CN(Cc2ccc(Br)c3cccnc23)C[C@H]1c1ccccc1. The molecule has 1 aliphatic heterocycles. The van der Waals surface area contributed by atoms with Gasteiger partial charge in [-0.1, -0.05) is 58.4 Å². The van der Waals surface area contributed by atoms with Crippen LogP contribution in [0.25, 0.3) is 10.9 Å². The topological polar surface area (TPSA) is 42.1 Å². The van der Waals surface area contributed by atoms with Gasteiger partial charge in [-0.2, -0.15) is 0 Å². The maximum absolute atomic E-state index is 6.08. The highest BCUT2D eigenvalue weighted by atomic mass is 79.9. The van der Waals surface area contributed by atoms with Crippen molar-refractivity contribution in [3.05, 3.63) is 76.4 Å². The van der Waals surface area contributed by atoms with Gasteiger partial charge in [0.1, 0.15) is 0 Å². The number of hydrogen-bond acceptors (Lipinski definition) is 3. The van der Waals surface area contributed by atoms with Crippen LogP contribution in [0.5, 0.6) is 0 Å². The Bertz CT molecular complexity index is 865. The van der Waals surface area contributed by atoms with Gasteiger partial charge in [-0.05, 0) is 35.7 Å². The molecule has 3 aromatic rings. The number of aromatic nitrogens is 1. The molecule has 1 aromatic heterocycles. The molecule has 0 amide bonds. The summed E-state index contributed by atoms with van der Waals surface area (Å²) in [6.45, 7) is 3.74. The average Bonchev–Trinajstić information content (AvgIpc) is 3.08. The molecule has 0 radical (unpaired) electrons. The molecule has 1 fully saturated rings. The van der Waals surface area contributed by atoms with Crippen LogP contribution >= 0.6 is 15.9 Å². The lowest BCUT2D eigenvalue weighted by atomic mass is 9.89. The van der Waals surface area contributed by atoms with Crippen LogP contribution in [-0.4, -0.2) is 29.5 Å². The summed E-state index contributed by atoms with van der Waals surface area (Å²) in [6, 6.07) is 19.2. The second-order valence-corrected chi connectivity index (χ2v) is 7.67. The molecule has 1 saturated heterocycles. The molecule has 2 aromatic carbocycles. The molecule has 0 bridgehead atoms. The monoisotopic (exact) mass is 395 g/mol. The van der Waals surface area contributed by atoms with E-state index in [-0.39, 0.29) is 0 Å². The molecule has 0 saturated carbocycles. The zero-order chi connectivity index (χ0) is 17.2. The Morgan fingerprint density at radius 1 is 1.04 bits per heavy atom. The van der Waals surface area contributed by atoms with Crippen molar-refractivity contribution in [1.82, 2.24) is 9.88 Å². The standard InChI is InChI=1S/C21H22BrN3/c22-20-9-8-16(21-18(20)7-4-10-24-21)12-25-13-17(11-23)19(14-25)15-5-2-1-3-6-15/h1-10,17,19H,11-14,23H2/t17-,19+/m1/s1. The lowest BCUT2D eigenvalue weighted by Gasteiger charge is -2.17. The third-order valence-corrected chi connectivity index (χ3v) is 5.93. The van der Waals surface area contributed by atoms with Gasteiger partial charge in [0, 0.05) is 41.6 Å². The quantitative estimate of drug-likeness (QED) is 0.720. The van der Waals surface area contributed by atoms with Gasteiger partial charge in [-0.25, -0.2) is 0 Å². The van der Waals surface area contributed by atoms with Crippen LogP contribution in [0.15, 0.2) is 65.3 Å². The van der Waals surface area contributed by atoms with E-state index < -0.39 is 0 Å². The highest BCUT2D eigenvalue weighted by Crippen LogP contribution is 2.34. The summed E-state index contributed by atoms with van der Waals surface area (Å²) in [6.07, 6.45) is 1.87. The summed E-state index contributed by atoms with van der Waals surface area (Å²) in [7, 11) is 0. The molecule has 4 rings (SSSR count). The fraction of sp³-hybridized carbons (Fsp3) is 0.286. The Hall–Kier alpha value is -1.75. The first-order valence-electron chi connectivity index (χ1n) is 8.75. The van der Waals surface area contributed by atoms with E-state index in [9.17, 15) is 0 Å². The maximum atomic E-state index is 6.08. The van der Waals surface area contributed by atoms with E-state index in [2.05, 4.69) is 74.3 Å². The minimum absolute atomic E-state index is 0.511. The van der Waals surface area contributed by atoms with E-state index in [1.54, 1.807) is 0 Å². The van der Waals surface area contributed by atoms with Crippen molar-refractivity contribution < 1.29 is 0 Å². The minimum atomic E-state index is 0.511. The van der Waals surface area contributed by atoms with Crippen LogP contribution < -0.4 is 5.73 Å². The minimum Gasteiger partial charge on any atom is -0.330 e. The first kappa shape index (κ1) is 16.7. The Labute approximate surface area is 157 Å². The van der Waals surface area contributed by atoms with Crippen molar-refractivity contribution in [2.45, 2.75) is 12.5 Å². The third-order valence-electron chi connectivity index (χ3n) is 5.24. The zero-order valence-corrected chi connectivity index (χ0v) is 15.7. The molecule has 128 valence electrons. The summed E-state index contributed by atoms with van der Waals surface area (Å²) in [5.41, 5.74) is 9.85. The third kappa shape index (κ3) is 3.34. The van der Waals surface area contributed by atoms with E-state index in [1.165, 1.54) is 16.5 Å². The number of likely N-dealkylation sites (tertiary alicyclic amines) is 1. The van der Waals surface area contributed by atoms with Crippen molar-refractivity contribution in [3.63, 3.8) is 0 Å². The maximum Gasteiger partial charge on any atom is 0.0758 e. The number of nitrogens with two attached hydrogens (primary N) is 1. The summed E-state index contributed by atoms with van der Waals surface area (Å²) in [4.78, 5) is 7.14. The van der Waals surface area contributed by atoms with Gasteiger partial charge in [-0.3, -0.25) is 9.88 Å². The highest BCUT2D eigenvalue weighted by molar-refractivity contribution is 9.10. The molecule has 25 heavy (non-hydrogen) atoms. The fourth-order valence-electron chi connectivity index (χ4n) is 3.97. The van der Waals surface area contributed by atoms with Gasteiger partial charge in [-0.15, -0.1) is 0 Å². The predicted octanol–water partition coefficient (Wildman–Crippen LogP) is 4.17. The number of benzene rings is 2. The average molecular weight is 396 g/mol. The summed E-state index contributed by atoms with van der Waals surface area (Å²) >= 11 is 3.63. The first-order chi connectivity index (χ1) is 12.3. The second kappa shape index (κ2) is 7.24. The summed E-state index contributed by atoms with van der Waals surface area (Å²) < 4.78 is 1.10. The molecular weight excluding hydrogens is 374 g/mol.